The quantitative estimate of drug-likeness (QED) is 0.103. The third kappa shape index (κ3) is 10.4. The third-order valence-corrected chi connectivity index (χ3v) is 5.65. The number of aromatic amines is 1. The Hall–Kier alpha value is -4.99. The predicted octanol–water partition coefficient (Wildman–Crippen LogP) is -2.49. The van der Waals surface area contributed by atoms with Crippen LogP contribution in [0.4, 0.5) is 0 Å². The molecule has 2 aromatic rings. The number of aromatic hydroxyl groups is 1. The van der Waals surface area contributed by atoms with Crippen molar-refractivity contribution in [3.8, 4) is 5.75 Å². The second-order valence-corrected chi connectivity index (χ2v) is 8.88. The number of amides is 4. The Kier molecular flexibility index (Phi) is 11.6. The number of imidazole rings is 1. The van der Waals surface area contributed by atoms with E-state index in [1.54, 1.807) is 0 Å². The van der Waals surface area contributed by atoms with Gasteiger partial charge in [0.25, 0.3) is 0 Å². The molecule has 0 aliphatic carbocycles. The first kappa shape index (κ1) is 31.2. The number of rotatable bonds is 16. The Bertz CT molecular complexity index is 1200. The lowest BCUT2D eigenvalue weighted by molar-refractivity contribution is -0.143. The molecule has 16 nitrogen and oxygen atoms in total. The molecule has 1 heterocycles. The van der Waals surface area contributed by atoms with Gasteiger partial charge >= 0.3 is 11.9 Å². The number of carboxylic acids is 2. The summed E-state index contributed by atoms with van der Waals surface area (Å²) in [5.41, 5.74) is 12.0. The van der Waals surface area contributed by atoms with Gasteiger partial charge in [0.2, 0.25) is 23.6 Å². The van der Waals surface area contributed by atoms with Gasteiger partial charge in [-0.3, -0.25) is 24.0 Å². The lowest BCUT2D eigenvalue weighted by Gasteiger charge is -2.24. The number of phenolic OH excluding ortho intramolecular Hbond substituents is 1. The first-order chi connectivity index (χ1) is 18.8. The fourth-order valence-electron chi connectivity index (χ4n) is 3.56. The van der Waals surface area contributed by atoms with E-state index in [2.05, 4.69) is 25.9 Å². The average Bonchev–Trinajstić information content (AvgIpc) is 3.39. The summed E-state index contributed by atoms with van der Waals surface area (Å²) in [7, 11) is 0. The minimum absolute atomic E-state index is 0.0393. The molecule has 1 aromatic heterocycles. The Morgan fingerprint density at radius 1 is 0.875 bits per heavy atom. The normalized spacial score (nSPS) is 13.7. The van der Waals surface area contributed by atoms with Gasteiger partial charge in [-0.15, -0.1) is 0 Å². The molecule has 216 valence electrons. The lowest BCUT2D eigenvalue weighted by atomic mass is 10.0. The van der Waals surface area contributed by atoms with Crippen molar-refractivity contribution in [2.45, 2.75) is 56.3 Å². The topological polar surface area (TPSA) is 280 Å². The number of aliphatic carboxylic acids is 2. The molecule has 4 amide bonds. The Morgan fingerprint density at radius 2 is 1.48 bits per heavy atom. The van der Waals surface area contributed by atoms with Crippen LogP contribution in [0.5, 0.6) is 5.75 Å². The number of nitrogens with zero attached hydrogens (tertiary/aromatic N) is 1. The third-order valence-electron chi connectivity index (χ3n) is 5.65. The second-order valence-electron chi connectivity index (χ2n) is 8.88. The van der Waals surface area contributed by atoms with Gasteiger partial charge in [0.1, 0.15) is 23.9 Å². The molecule has 40 heavy (non-hydrogen) atoms. The molecular weight excluding hydrogens is 530 g/mol. The summed E-state index contributed by atoms with van der Waals surface area (Å²) in [4.78, 5) is 79.6. The van der Waals surface area contributed by atoms with E-state index in [1.807, 2.05) is 0 Å². The van der Waals surface area contributed by atoms with Gasteiger partial charge < -0.3 is 47.7 Å². The summed E-state index contributed by atoms with van der Waals surface area (Å²) < 4.78 is 0. The van der Waals surface area contributed by atoms with Crippen LogP contribution in [-0.2, 0) is 41.6 Å². The lowest BCUT2D eigenvalue weighted by Crippen LogP contribution is -2.58. The summed E-state index contributed by atoms with van der Waals surface area (Å²) in [6.45, 7) is 0. The molecule has 0 spiro atoms. The van der Waals surface area contributed by atoms with Crippen molar-refractivity contribution >= 4 is 35.6 Å². The van der Waals surface area contributed by atoms with Crippen LogP contribution >= 0.6 is 0 Å². The fourth-order valence-corrected chi connectivity index (χ4v) is 3.56. The van der Waals surface area contributed by atoms with E-state index in [-0.39, 0.29) is 31.4 Å². The number of hydrogen-bond donors (Lipinski definition) is 9. The highest BCUT2D eigenvalue weighted by Gasteiger charge is 2.32. The van der Waals surface area contributed by atoms with E-state index in [0.717, 1.165) is 0 Å². The average molecular weight is 562 g/mol. The van der Waals surface area contributed by atoms with E-state index >= 15 is 0 Å². The molecule has 16 heteroatoms. The molecule has 4 atom stereocenters. The van der Waals surface area contributed by atoms with Crippen LogP contribution < -0.4 is 27.4 Å². The van der Waals surface area contributed by atoms with Crippen molar-refractivity contribution in [1.29, 1.82) is 0 Å². The molecule has 0 fully saturated rings. The SMILES string of the molecule is NC(=O)CCC(NC(=O)C(N)Cc1cnc[nH]1)C(=O)NC(CC(=O)O)C(=O)NC(Cc1ccc(O)cc1)C(=O)O. The van der Waals surface area contributed by atoms with E-state index in [1.165, 1.54) is 36.8 Å². The van der Waals surface area contributed by atoms with Crippen molar-refractivity contribution in [3.05, 3.63) is 48.0 Å². The van der Waals surface area contributed by atoms with Crippen molar-refractivity contribution in [1.82, 2.24) is 25.9 Å². The van der Waals surface area contributed by atoms with Gasteiger partial charge in [0.15, 0.2) is 0 Å². The number of nitrogens with two attached hydrogens (primary N) is 2. The molecule has 0 saturated heterocycles. The minimum Gasteiger partial charge on any atom is -0.508 e. The summed E-state index contributed by atoms with van der Waals surface area (Å²) in [6.07, 6.45) is 1.13. The Labute approximate surface area is 227 Å². The standard InChI is InChI=1S/C24H31N7O9/c25-15(8-13-10-27-11-28-13)21(36)29-16(5-6-19(26)33)22(37)30-17(9-20(34)35)23(38)31-18(24(39)40)7-12-1-3-14(32)4-2-12/h1-4,10-11,15-18,32H,5-9,25H2,(H2,26,33)(H,27,28)(H,29,36)(H,30,37)(H,31,38)(H,34,35)(H,39,40). The molecule has 11 N–H and O–H groups in total. The summed E-state index contributed by atoms with van der Waals surface area (Å²) in [6, 6.07) is -0.263. The van der Waals surface area contributed by atoms with Gasteiger partial charge in [-0.25, -0.2) is 9.78 Å². The number of benzene rings is 1. The van der Waals surface area contributed by atoms with Crippen LogP contribution in [0.3, 0.4) is 0 Å². The van der Waals surface area contributed by atoms with Crippen molar-refractivity contribution in [2.24, 2.45) is 11.5 Å². The van der Waals surface area contributed by atoms with Crippen LogP contribution in [0, 0.1) is 0 Å². The smallest absolute Gasteiger partial charge is 0.326 e. The van der Waals surface area contributed by atoms with Crippen LogP contribution in [0.25, 0.3) is 0 Å². The number of H-pyrrole nitrogens is 1. The van der Waals surface area contributed by atoms with Crippen LogP contribution in [0.15, 0.2) is 36.8 Å². The predicted molar refractivity (Wildman–Crippen MR) is 136 cm³/mol. The number of primary amides is 1. The summed E-state index contributed by atoms with van der Waals surface area (Å²) in [5.74, 6) is -6.66. The fraction of sp³-hybridized carbons (Fsp3) is 0.375. The maximum atomic E-state index is 13.0. The zero-order valence-electron chi connectivity index (χ0n) is 21.2. The first-order valence-electron chi connectivity index (χ1n) is 12.0. The molecular formula is C24H31N7O9. The molecule has 0 aliphatic rings. The van der Waals surface area contributed by atoms with Gasteiger partial charge in [-0.1, -0.05) is 12.1 Å². The molecule has 4 unspecified atom stereocenters. The highest BCUT2D eigenvalue weighted by Crippen LogP contribution is 2.12. The Balaban J connectivity index is 2.15. The molecule has 0 bridgehead atoms. The second kappa shape index (κ2) is 14.8. The number of aromatic nitrogens is 2. The zero-order valence-corrected chi connectivity index (χ0v) is 21.2. The van der Waals surface area contributed by atoms with E-state index in [0.29, 0.717) is 11.3 Å². The molecule has 2 rings (SSSR count). The van der Waals surface area contributed by atoms with Crippen molar-refractivity contribution in [3.63, 3.8) is 0 Å². The van der Waals surface area contributed by atoms with Gasteiger partial charge in [0, 0.05) is 31.2 Å². The number of carboxylic acid groups (broad SMARTS) is 2. The van der Waals surface area contributed by atoms with Gasteiger partial charge in [0.05, 0.1) is 18.8 Å². The molecule has 0 radical (unpaired) electrons. The number of hydrogen-bond acceptors (Lipinski definition) is 9. The molecule has 1 aromatic carbocycles. The number of nitrogens with one attached hydrogen (secondary N) is 4. The number of carbonyl (C=O) groups excluding carboxylic acids is 4. The highest BCUT2D eigenvalue weighted by molar-refractivity contribution is 5.95. The van der Waals surface area contributed by atoms with E-state index < -0.39 is 66.2 Å². The van der Waals surface area contributed by atoms with E-state index in [9.17, 15) is 44.1 Å². The maximum absolute atomic E-state index is 13.0. The zero-order chi connectivity index (χ0) is 29.8. The van der Waals surface area contributed by atoms with Crippen LogP contribution in [0.1, 0.15) is 30.5 Å². The molecule has 0 aliphatic heterocycles. The minimum atomic E-state index is -1.74. The number of carbonyl (C=O) groups is 6. The molecule has 0 saturated carbocycles. The summed E-state index contributed by atoms with van der Waals surface area (Å²) in [5, 5.41) is 35.0. The van der Waals surface area contributed by atoms with E-state index in [4.69, 9.17) is 11.5 Å². The van der Waals surface area contributed by atoms with Crippen LogP contribution in [0.2, 0.25) is 0 Å². The Morgan fingerprint density at radius 3 is 2.02 bits per heavy atom. The van der Waals surface area contributed by atoms with Gasteiger partial charge in [-0.2, -0.15) is 0 Å². The largest absolute Gasteiger partial charge is 0.508 e. The highest BCUT2D eigenvalue weighted by atomic mass is 16.4. The number of phenols is 1. The van der Waals surface area contributed by atoms with Crippen molar-refractivity contribution < 1.29 is 44.1 Å². The monoisotopic (exact) mass is 561 g/mol. The maximum Gasteiger partial charge on any atom is 0.326 e. The summed E-state index contributed by atoms with van der Waals surface area (Å²) >= 11 is 0. The van der Waals surface area contributed by atoms with Crippen molar-refractivity contribution in [2.75, 3.05) is 0 Å². The van der Waals surface area contributed by atoms with Gasteiger partial charge in [-0.05, 0) is 24.1 Å². The first-order valence-corrected chi connectivity index (χ1v) is 12.0. The van der Waals surface area contributed by atoms with Crippen LogP contribution in [-0.4, -0.2) is 85.0 Å².